The van der Waals surface area contributed by atoms with Gasteiger partial charge in [0.15, 0.2) is 0 Å². The third-order valence-corrected chi connectivity index (χ3v) is 6.91. The van der Waals surface area contributed by atoms with Gasteiger partial charge in [-0.3, -0.25) is 9.59 Å². The first-order chi connectivity index (χ1) is 16.1. The van der Waals surface area contributed by atoms with E-state index in [-0.39, 0.29) is 11.8 Å². The number of hydrogen-bond donors (Lipinski definition) is 1. The van der Waals surface area contributed by atoms with Crippen molar-refractivity contribution in [1.29, 1.82) is 0 Å². The van der Waals surface area contributed by atoms with E-state index in [0.29, 0.717) is 59.3 Å². The van der Waals surface area contributed by atoms with Crippen LogP contribution in [0.1, 0.15) is 39.6 Å². The molecule has 1 aliphatic heterocycles. The van der Waals surface area contributed by atoms with Gasteiger partial charge in [0.25, 0.3) is 11.8 Å². The van der Waals surface area contributed by atoms with Crippen LogP contribution < -0.4 is 10.2 Å². The molecule has 0 radical (unpaired) electrons. The topological polar surface area (TPSA) is 75.7 Å². The minimum atomic E-state index is -1.55. The summed E-state index contributed by atoms with van der Waals surface area (Å²) in [5.74, 6) is -0.482. The summed E-state index contributed by atoms with van der Waals surface area (Å²) in [5.41, 5.74) is 2.25. The van der Waals surface area contributed by atoms with Gasteiger partial charge in [-0.1, -0.05) is 42.5 Å². The standard InChI is InChI=1S/C26H26N2O4S/c1-2-32-16-8-15-27-25(29)20-13-14-24-22(17-20)28(18-19-9-4-3-5-10-19)26(30)21-11-6-7-12-23(21)33(24)31/h3-7,9-14,17H,2,8,15-16,18H2,1H3,(H,27,29)/t33-/m1/s1. The van der Waals surface area contributed by atoms with Crippen LogP contribution in [0.25, 0.3) is 0 Å². The molecular weight excluding hydrogens is 436 g/mol. The largest absolute Gasteiger partial charge is 0.382 e. The summed E-state index contributed by atoms with van der Waals surface area (Å²) >= 11 is 0. The fourth-order valence-corrected chi connectivity index (χ4v) is 5.09. The number of nitrogens with zero attached hydrogens (tertiary/aromatic N) is 1. The van der Waals surface area contributed by atoms with E-state index in [1.165, 1.54) is 0 Å². The monoisotopic (exact) mass is 462 g/mol. The molecule has 3 aromatic carbocycles. The second-order valence-electron chi connectivity index (χ2n) is 7.63. The molecule has 1 atom stereocenters. The van der Waals surface area contributed by atoms with E-state index >= 15 is 0 Å². The van der Waals surface area contributed by atoms with E-state index in [4.69, 9.17) is 4.74 Å². The van der Waals surface area contributed by atoms with Gasteiger partial charge in [0.1, 0.15) is 0 Å². The van der Waals surface area contributed by atoms with E-state index in [1.807, 2.05) is 37.3 Å². The molecule has 0 aliphatic carbocycles. The smallest absolute Gasteiger partial charge is 0.259 e. The first-order valence-corrected chi connectivity index (χ1v) is 12.1. The van der Waals surface area contributed by atoms with E-state index in [1.54, 1.807) is 47.4 Å². The lowest BCUT2D eigenvalue weighted by molar-refractivity contribution is 0.0941. The summed E-state index contributed by atoms with van der Waals surface area (Å²) in [4.78, 5) is 28.9. The van der Waals surface area contributed by atoms with Gasteiger partial charge in [-0.15, -0.1) is 0 Å². The summed E-state index contributed by atoms with van der Waals surface area (Å²) < 4.78 is 18.7. The van der Waals surface area contributed by atoms with E-state index in [0.717, 1.165) is 5.56 Å². The van der Waals surface area contributed by atoms with Crippen LogP contribution in [-0.2, 0) is 22.1 Å². The number of fused-ring (bicyclic) bond motifs is 2. The molecule has 33 heavy (non-hydrogen) atoms. The van der Waals surface area contributed by atoms with Crippen molar-refractivity contribution in [1.82, 2.24) is 5.32 Å². The number of ether oxygens (including phenoxy) is 1. The van der Waals surface area contributed by atoms with Crippen LogP contribution in [0.3, 0.4) is 0 Å². The molecule has 2 amide bonds. The average molecular weight is 463 g/mol. The maximum absolute atomic E-state index is 13.6. The van der Waals surface area contributed by atoms with Gasteiger partial charge >= 0.3 is 0 Å². The summed E-state index contributed by atoms with van der Waals surface area (Å²) in [7, 11) is -1.55. The summed E-state index contributed by atoms with van der Waals surface area (Å²) in [5, 5.41) is 2.89. The predicted octanol–water partition coefficient (Wildman–Crippen LogP) is 4.17. The van der Waals surface area contributed by atoms with Gasteiger partial charge in [-0.2, -0.15) is 0 Å². The third kappa shape index (κ3) is 5.05. The summed E-state index contributed by atoms with van der Waals surface area (Å²) in [6.45, 7) is 3.94. The number of carbonyl (C=O) groups is 2. The zero-order valence-corrected chi connectivity index (χ0v) is 19.3. The zero-order valence-electron chi connectivity index (χ0n) is 18.5. The van der Waals surface area contributed by atoms with E-state index < -0.39 is 10.8 Å². The third-order valence-electron chi connectivity index (χ3n) is 5.41. The Hall–Kier alpha value is -3.29. The number of nitrogens with one attached hydrogen (secondary N) is 1. The SMILES string of the molecule is CCOCCCNC(=O)c1ccc2c(c1)N(Cc1ccccc1)C(=O)c1ccccc1[S@]2=O. The summed E-state index contributed by atoms with van der Waals surface area (Å²) in [6.07, 6.45) is 0.711. The highest BCUT2D eigenvalue weighted by atomic mass is 32.2. The second kappa shape index (κ2) is 10.6. The van der Waals surface area contributed by atoms with Crippen LogP contribution in [0.5, 0.6) is 0 Å². The molecule has 1 heterocycles. The highest BCUT2D eigenvalue weighted by Gasteiger charge is 2.31. The minimum absolute atomic E-state index is 0.240. The van der Waals surface area contributed by atoms with Gasteiger partial charge in [-0.25, -0.2) is 4.21 Å². The number of benzene rings is 3. The molecule has 170 valence electrons. The lowest BCUT2D eigenvalue weighted by Crippen LogP contribution is -2.31. The maximum Gasteiger partial charge on any atom is 0.259 e. The van der Waals surface area contributed by atoms with Crippen molar-refractivity contribution in [2.75, 3.05) is 24.7 Å². The molecule has 1 aliphatic rings. The first-order valence-electron chi connectivity index (χ1n) is 11.0. The van der Waals surface area contributed by atoms with Gasteiger partial charge < -0.3 is 15.0 Å². The van der Waals surface area contributed by atoms with Gasteiger partial charge in [0.2, 0.25) is 0 Å². The van der Waals surface area contributed by atoms with Crippen molar-refractivity contribution in [2.24, 2.45) is 0 Å². The Labute approximate surface area is 196 Å². The van der Waals surface area contributed by atoms with Crippen LogP contribution >= 0.6 is 0 Å². The number of carbonyl (C=O) groups excluding carboxylic acids is 2. The molecule has 0 spiro atoms. The Balaban J connectivity index is 1.70. The molecule has 0 bridgehead atoms. The highest BCUT2D eigenvalue weighted by Crippen LogP contribution is 2.36. The van der Waals surface area contributed by atoms with Crippen molar-refractivity contribution < 1.29 is 18.5 Å². The van der Waals surface area contributed by atoms with Crippen molar-refractivity contribution in [2.45, 2.75) is 29.7 Å². The molecular formula is C26H26N2O4S. The molecule has 0 unspecified atom stereocenters. The van der Waals surface area contributed by atoms with Crippen LogP contribution in [0, 0.1) is 0 Å². The van der Waals surface area contributed by atoms with Gasteiger partial charge in [0.05, 0.1) is 38.4 Å². The van der Waals surface area contributed by atoms with Gasteiger partial charge in [0, 0.05) is 25.3 Å². The number of hydrogen-bond acceptors (Lipinski definition) is 4. The molecule has 4 rings (SSSR count). The Morgan fingerprint density at radius 1 is 1.00 bits per heavy atom. The molecule has 0 fully saturated rings. The zero-order chi connectivity index (χ0) is 23.2. The predicted molar refractivity (Wildman–Crippen MR) is 128 cm³/mol. The van der Waals surface area contributed by atoms with Crippen molar-refractivity contribution in [3.8, 4) is 0 Å². The van der Waals surface area contributed by atoms with Gasteiger partial charge in [-0.05, 0) is 49.2 Å². The van der Waals surface area contributed by atoms with E-state index in [9.17, 15) is 13.8 Å². The molecule has 0 saturated carbocycles. The summed E-state index contributed by atoms with van der Waals surface area (Å²) in [6, 6.07) is 21.6. The highest BCUT2D eigenvalue weighted by molar-refractivity contribution is 7.85. The fourth-order valence-electron chi connectivity index (χ4n) is 3.75. The lowest BCUT2D eigenvalue weighted by Gasteiger charge is -2.23. The molecule has 1 N–H and O–H groups in total. The van der Waals surface area contributed by atoms with Crippen LogP contribution in [0.15, 0.2) is 82.6 Å². The fraction of sp³-hybridized carbons (Fsp3) is 0.231. The minimum Gasteiger partial charge on any atom is -0.382 e. The lowest BCUT2D eigenvalue weighted by atomic mass is 10.1. The Morgan fingerprint density at radius 3 is 2.55 bits per heavy atom. The van der Waals surface area contributed by atoms with Crippen molar-refractivity contribution in [3.63, 3.8) is 0 Å². The van der Waals surface area contributed by atoms with Crippen LogP contribution in [-0.4, -0.2) is 35.8 Å². The molecule has 0 saturated heterocycles. The van der Waals surface area contributed by atoms with Crippen molar-refractivity contribution in [3.05, 3.63) is 89.5 Å². The van der Waals surface area contributed by atoms with Crippen molar-refractivity contribution >= 4 is 28.3 Å². The molecule has 6 nitrogen and oxygen atoms in total. The second-order valence-corrected chi connectivity index (χ2v) is 9.05. The Kier molecular flexibility index (Phi) is 7.32. The Bertz CT molecular complexity index is 1180. The molecule has 3 aromatic rings. The van der Waals surface area contributed by atoms with E-state index in [2.05, 4.69) is 5.32 Å². The molecule has 0 aromatic heterocycles. The van der Waals surface area contributed by atoms with Crippen LogP contribution in [0.2, 0.25) is 0 Å². The normalized spacial score (nSPS) is 14.9. The van der Waals surface area contributed by atoms with Crippen LogP contribution in [0.4, 0.5) is 5.69 Å². The number of rotatable bonds is 8. The Morgan fingerprint density at radius 2 is 1.76 bits per heavy atom. The number of anilines is 1. The maximum atomic E-state index is 13.6. The molecule has 7 heteroatoms. The quantitative estimate of drug-likeness (QED) is 0.510. The first kappa shape index (κ1) is 22.9. The average Bonchev–Trinajstić information content (AvgIpc) is 2.94. The number of amides is 2.